The van der Waals surface area contributed by atoms with E-state index >= 15 is 0 Å². The highest BCUT2D eigenvalue weighted by atomic mass is 35.5. The molecule has 2 fully saturated rings. The fourth-order valence-electron chi connectivity index (χ4n) is 3.94. The summed E-state index contributed by atoms with van der Waals surface area (Å²) in [5.74, 6) is 1.45. The van der Waals surface area contributed by atoms with Gasteiger partial charge in [0.05, 0.1) is 6.54 Å². The third-order valence-electron chi connectivity index (χ3n) is 5.03. The minimum absolute atomic E-state index is 0. The lowest BCUT2D eigenvalue weighted by atomic mass is 9.65. The fourth-order valence-corrected chi connectivity index (χ4v) is 3.94. The maximum atomic E-state index is 12.6. The van der Waals surface area contributed by atoms with Gasteiger partial charge >= 0.3 is 0 Å². The Labute approximate surface area is 131 Å². The summed E-state index contributed by atoms with van der Waals surface area (Å²) in [6.45, 7) is 0.521. The Morgan fingerprint density at radius 1 is 1.43 bits per heavy atom. The lowest BCUT2D eigenvalue weighted by molar-refractivity contribution is -0.137. The molecule has 2 unspecified atom stereocenters. The van der Waals surface area contributed by atoms with Crippen LogP contribution in [0.15, 0.2) is 16.9 Å². The molecule has 0 aliphatic heterocycles. The summed E-state index contributed by atoms with van der Waals surface area (Å²) in [5.41, 5.74) is 7.08. The second-order valence-electron chi connectivity index (χ2n) is 6.38. The number of aromatic nitrogens is 1. The molecule has 3 rings (SSSR count). The summed E-state index contributed by atoms with van der Waals surface area (Å²) >= 11 is 0. The summed E-state index contributed by atoms with van der Waals surface area (Å²) in [7, 11) is 1.85. The molecule has 2 aliphatic rings. The standard InChI is InChI=1S/C15H23N3O2.ClH/c1-18(9-13-5-6-20-17-13)15(19)12-7-10-3-2-4-11(8-12)14(10)16;/h5-6,10-12,14H,2-4,7-9,16H2,1H3;1H. The molecule has 6 heteroatoms. The molecular weight excluding hydrogens is 290 g/mol. The predicted octanol–water partition coefficient (Wildman–Crippen LogP) is 2.21. The summed E-state index contributed by atoms with van der Waals surface area (Å²) in [5, 5.41) is 3.86. The van der Waals surface area contributed by atoms with E-state index in [1.807, 2.05) is 7.05 Å². The monoisotopic (exact) mass is 313 g/mol. The smallest absolute Gasteiger partial charge is 0.225 e. The Kier molecular flexibility index (Phi) is 5.27. The Morgan fingerprint density at radius 2 is 2.10 bits per heavy atom. The van der Waals surface area contributed by atoms with E-state index in [0.717, 1.165) is 18.5 Å². The fraction of sp³-hybridized carbons (Fsp3) is 0.733. The van der Waals surface area contributed by atoms with Crippen molar-refractivity contribution in [3.05, 3.63) is 18.0 Å². The van der Waals surface area contributed by atoms with E-state index in [-0.39, 0.29) is 24.2 Å². The molecule has 0 radical (unpaired) electrons. The van der Waals surface area contributed by atoms with Crippen molar-refractivity contribution in [2.45, 2.75) is 44.7 Å². The van der Waals surface area contributed by atoms with Crippen molar-refractivity contribution in [1.82, 2.24) is 10.1 Å². The molecule has 21 heavy (non-hydrogen) atoms. The molecule has 1 aromatic heterocycles. The molecular formula is C15H24ClN3O2. The molecule has 0 spiro atoms. The number of rotatable bonds is 3. The van der Waals surface area contributed by atoms with Crippen LogP contribution >= 0.6 is 12.4 Å². The van der Waals surface area contributed by atoms with Gasteiger partial charge in [0.25, 0.3) is 0 Å². The normalized spacial score (nSPS) is 31.3. The largest absolute Gasteiger partial charge is 0.364 e. The van der Waals surface area contributed by atoms with Crippen LogP contribution in [0.25, 0.3) is 0 Å². The van der Waals surface area contributed by atoms with E-state index in [9.17, 15) is 4.79 Å². The highest BCUT2D eigenvalue weighted by Crippen LogP contribution is 2.42. The zero-order chi connectivity index (χ0) is 14.1. The zero-order valence-corrected chi connectivity index (χ0v) is 13.2. The molecule has 2 saturated carbocycles. The van der Waals surface area contributed by atoms with Gasteiger partial charge in [0.2, 0.25) is 5.91 Å². The number of carbonyl (C=O) groups excluding carboxylic acids is 1. The Morgan fingerprint density at radius 3 is 2.67 bits per heavy atom. The minimum atomic E-state index is 0. The maximum absolute atomic E-state index is 12.6. The highest BCUT2D eigenvalue weighted by molar-refractivity contribution is 5.85. The molecule has 5 nitrogen and oxygen atoms in total. The third kappa shape index (κ3) is 3.40. The van der Waals surface area contributed by atoms with Gasteiger partial charge in [0.15, 0.2) is 0 Å². The molecule has 118 valence electrons. The zero-order valence-electron chi connectivity index (χ0n) is 12.4. The number of hydrogen-bond donors (Lipinski definition) is 1. The van der Waals surface area contributed by atoms with E-state index in [0.29, 0.717) is 24.4 Å². The Balaban J connectivity index is 0.00000161. The number of hydrogen-bond acceptors (Lipinski definition) is 4. The summed E-state index contributed by atoms with van der Waals surface area (Å²) in [6, 6.07) is 2.11. The van der Waals surface area contributed by atoms with E-state index in [1.165, 1.54) is 25.5 Å². The van der Waals surface area contributed by atoms with Gasteiger partial charge in [0.1, 0.15) is 12.0 Å². The maximum Gasteiger partial charge on any atom is 0.225 e. The lowest BCUT2D eigenvalue weighted by Gasteiger charge is -2.44. The van der Waals surface area contributed by atoms with Crippen molar-refractivity contribution in [3.63, 3.8) is 0 Å². The van der Waals surface area contributed by atoms with Crippen molar-refractivity contribution >= 4 is 18.3 Å². The van der Waals surface area contributed by atoms with Crippen LogP contribution in [0.5, 0.6) is 0 Å². The van der Waals surface area contributed by atoms with Gasteiger partial charge in [-0.05, 0) is 37.5 Å². The number of nitrogens with two attached hydrogens (primary N) is 1. The van der Waals surface area contributed by atoms with Gasteiger partial charge in [-0.1, -0.05) is 11.6 Å². The topological polar surface area (TPSA) is 72.4 Å². The first-order valence-electron chi connectivity index (χ1n) is 7.55. The molecule has 0 saturated heterocycles. The van der Waals surface area contributed by atoms with Crippen LogP contribution in [0, 0.1) is 17.8 Å². The van der Waals surface area contributed by atoms with Gasteiger partial charge in [0, 0.05) is 25.1 Å². The molecule has 1 aromatic rings. The van der Waals surface area contributed by atoms with Crippen LogP contribution in [-0.2, 0) is 11.3 Å². The number of fused-ring (bicyclic) bond motifs is 2. The van der Waals surface area contributed by atoms with Crippen LogP contribution in [0.1, 0.15) is 37.8 Å². The van der Waals surface area contributed by atoms with Crippen molar-refractivity contribution in [1.29, 1.82) is 0 Å². The molecule has 2 atom stereocenters. The lowest BCUT2D eigenvalue weighted by Crippen LogP contribution is -2.49. The second-order valence-corrected chi connectivity index (χ2v) is 6.38. The first-order valence-corrected chi connectivity index (χ1v) is 7.55. The van der Waals surface area contributed by atoms with Gasteiger partial charge in [-0.2, -0.15) is 0 Å². The number of amides is 1. The SMILES string of the molecule is CN(Cc1ccon1)C(=O)C1CC2CCCC(C1)C2N.Cl. The van der Waals surface area contributed by atoms with Crippen LogP contribution in [0.3, 0.4) is 0 Å². The van der Waals surface area contributed by atoms with Crippen molar-refractivity contribution in [2.75, 3.05) is 7.05 Å². The second kappa shape index (κ2) is 6.79. The van der Waals surface area contributed by atoms with Crippen LogP contribution in [0.2, 0.25) is 0 Å². The molecule has 1 heterocycles. The first kappa shape index (κ1) is 16.3. The van der Waals surface area contributed by atoms with Crippen molar-refractivity contribution in [2.24, 2.45) is 23.5 Å². The third-order valence-corrected chi connectivity index (χ3v) is 5.03. The number of halogens is 1. The van der Waals surface area contributed by atoms with Crippen LogP contribution in [0.4, 0.5) is 0 Å². The quantitative estimate of drug-likeness (QED) is 0.928. The van der Waals surface area contributed by atoms with Crippen LogP contribution in [-0.4, -0.2) is 29.1 Å². The van der Waals surface area contributed by atoms with Gasteiger partial charge in [-0.3, -0.25) is 4.79 Å². The summed E-state index contributed by atoms with van der Waals surface area (Å²) in [4.78, 5) is 14.4. The van der Waals surface area contributed by atoms with Crippen molar-refractivity contribution < 1.29 is 9.32 Å². The predicted molar refractivity (Wildman–Crippen MR) is 81.8 cm³/mol. The molecule has 2 aliphatic carbocycles. The van der Waals surface area contributed by atoms with E-state index in [1.54, 1.807) is 11.0 Å². The Bertz CT molecular complexity index is 451. The first-order chi connectivity index (χ1) is 9.65. The molecule has 2 bridgehead atoms. The number of carbonyl (C=O) groups is 1. The summed E-state index contributed by atoms with van der Waals surface area (Å²) < 4.78 is 4.81. The van der Waals surface area contributed by atoms with Crippen LogP contribution < -0.4 is 5.73 Å². The highest BCUT2D eigenvalue weighted by Gasteiger charge is 2.41. The van der Waals surface area contributed by atoms with Crippen molar-refractivity contribution in [3.8, 4) is 0 Å². The van der Waals surface area contributed by atoms with Gasteiger partial charge in [-0.25, -0.2) is 0 Å². The average Bonchev–Trinajstić information content (AvgIpc) is 2.90. The average molecular weight is 314 g/mol. The van der Waals surface area contributed by atoms with Gasteiger partial charge < -0.3 is 15.2 Å². The Hall–Kier alpha value is -1.07. The van der Waals surface area contributed by atoms with Gasteiger partial charge in [-0.15, -0.1) is 12.4 Å². The molecule has 0 aromatic carbocycles. The van der Waals surface area contributed by atoms with E-state index in [2.05, 4.69) is 5.16 Å². The minimum Gasteiger partial charge on any atom is -0.364 e. The molecule has 1 amide bonds. The number of nitrogens with zero attached hydrogens (tertiary/aromatic N) is 2. The molecule has 2 N–H and O–H groups in total. The van der Waals surface area contributed by atoms with E-state index in [4.69, 9.17) is 10.3 Å². The van der Waals surface area contributed by atoms with E-state index < -0.39 is 0 Å². The summed E-state index contributed by atoms with van der Waals surface area (Å²) in [6.07, 6.45) is 7.11.